The smallest absolute Gasteiger partial charge is 0.263 e. The molecule has 0 aliphatic heterocycles. The average molecular weight is 318 g/mol. The zero-order valence-corrected chi connectivity index (χ0v) is 12.2. The van der Waals surface area contributed by atoms with Gasteiger partial charge in [0, 0.05) is 23.5 Å². The van der Waals surface area contributed by atoms with Gasteiger partial charge in [-0.1, -0.05) is 0 Å². The van der Waals surface area contributed by atoms with Gasteiger partial charge in [-0.2, -0.15) is 10.2 Å². The van der Waals surface area contributed by atoms with Gasteiger partial charge in [0.05, 0.1) is 18.4 Å². The van der Waals surface area contributed by atoms with E-state index >= 15 is 0 Å². The molecule has 0 atom stereocenters. The highest BCUT2D eigenvalue weighted by molar-refractivity contribution is 5.63. The quantitative estimate of drug-likeness (QED) is 0.735. The molecule has 0 saturated carbocycles. The third-order valence-corrected chi connectivity index (χ3v) is 3.47. The number of alkyl halides is 2. The first-order chi connectivity index (χ1) is 11.0. The topological polar surface area (TPSA) is 43.6 Å². The van der Waals surface area contributed by atoms with Crippen LogP contribution in [0, 0.1) is 12.7 Å². The standard InChI is InChI=1S/C16H13F3N4/c1-10-20-2-3-23(10)9-15-7-13(8-21-22-15)11-4-12(16(18)19)6-14(17)5-11/h2-8,16H,9H2,1H3. The van der Waals surface area contributed by atoms with Crippen LogP contribution >= 0.6 is 0 Å². The van der Waals surface area contributed by atoms with Crippen LogP contribution in [-0.4, -0.2) is 19.7 Å². The summed E-state index contributed by atoms with van der Waals surface area (Å²) in [6, 6.07) is 5.00. The van der Waals surface area contributed by atoms with Gasteiger partial charge in [-0.15, -0.1) is 0 Å². The van der Waals surface area contributed by atoms with E-state index in [9.17, 15) is 13.2 Å². The molecule has 7 heteroatoms. The second kappa shape index (κ2) is 6.20. The van der Waals surface area contributed by atoms with E-state index in [4.69, 9.17) is 0 Å². The van der Waals surface area contributed by atoms with Gasteiger partial charge in [0.25, 0.3) is 6.43 Å². The van der Waals surface area contributed by atoms with Gasteiger partial charge in [-0.05, 0) is 36.8 Å². The Hall–Kier alpha value is -2.70. The maximum Gasteiger partial charge on any atom is 0.263 e. The van der Waals surface area contributed by atoms with Crippen molar-refractivity contribution in [3.63, 3.8) is 0 Å². The first-order valence-electron chi connectivity index (χ1n) is 6.91. The summed E-state index contributed by atoms with van der Waals surface area (Å²) in [6.45, 7) is 2.31. The normalized spacial score (nSPS) is 11.2. The van der Waals surface area contributed by atoms with Crippen LogP contribution < -0.4 is 0 Å². The lowest BCUT2D eigenvalue weighted by Crippen LogP contribution is -2.04. The lowest BCUT2D eigenvalue weighted by Gasteiger charge is -2.08. The second-order valence-electron chi connectivity index (χ2n) is 5.11. The predicted octanol–water partition coefficient (Wildman–Crippen LogP) is 3.77. The first-order valence-corrected chi connectivity index (χ1v) is 6.91. The van der Waals surface area contributed by atoms with E-state index < -0.39 is 12.2 Å². The summed E-state index contributed by atoms with van der Waals surface area (Å²) in [4.78, 5) is 4.12. The van der Waals surface area contributed by atoms with Crippen molar-refractivity contribution in [2.24, 2.45) is 0 Å². The highest BCUT2D eigenvalue weighted by Gasteiger charge is 2.12. The molecule has 0 N–H and O–H groups in total. The number of imidazole rings is 1. The van der Waals surface area contributed by atoms with Crippen LogP contribution in [0.2, 0.25) is 0 Å². The Labute approximate surface area is 130 Å². The summed E-state index contributed by atoms with van der Waals surface area (Å²) in [5.74, 6) is 0.115. The van der Waals surface area contributed by atoms with Gasteiger partial charge < -0.3 is 4.57 Å². The van der Waals surface area contributed by atoms with Crippen LogP contribution in [-0.2, 0) is 6.54 Å². The molecule has 3 aromatic rings. The van der Waals surface area contributed by atoms with E-state index in [2.05, 4.69) is 15.2 Å². The minimum atomic E-state index is -2.73. The summed E-state index contributed by atoms with van der Waals surface area (Å²) < 4.78 is 41.1. The number of hydrogen-bond acceptors (Lipinski definition) is 3. The number of aromatic nitrogens is 4. The molecule has 0 aliphatic carbocycles. The highest BCUT2D eigenvalue weighted by atomic mass is 19.3. The van der Waals surface area contributed by atoms with Crippen LogP contribution in [0.25, 0.3) is 11.1 Å². The zero-order valence-electron chi connectivity index (χ0n) is 12.2. The summed E-state index contributed by atoms with van der Waals surface area (Å²) in [5.41, 5.74) is 1.16. The van der Waals surface area contributed by atoms with Gasteiger partial charge in [-0.3, -0.25) is 0 Å². The molecule has 0 aliphatic rings. The van der Waals surface area contributed by atoms with Crippen LogP contribution in [0.5, 0.6) is 0 Å². The molecule has 0 radical (unpaired) electrons. The summed E-state index contributed by atoms with van der Waals surface area (Å²) >= 11 is 0. The first kappa shape index (κ1) is 15.2. The van der Waals surface area contributed by atoms with Gasteiger partial charge in [-0.25, -0.2) is 18.2 Å². The Balaban J connectivity index is 1.95. The highest BCUT2D eigenvalue weighted by Crippen LogP contribution is 2.27. The van der Waals surface area contributed by atoms with E-state index in [1.165, 1.54) is 18.3 Å². The third kappa shape index (κ3) is 3.39. The van der Waals surface area contributed by atoms with E-state index in [0.717, 1.165) is 11.9 Å². The molecule has 4 nitrogen and oxygen atoms in total. The second-order valence-corrected chi connectivity index (χ2v) is 5.11. The molecule has 0 bridgehead atoms. The summed E-state index contributed by atoms with van der Waals surface area (Å²) in [5, 5.41) is 7.90. The maximum absolute atomic E-state index is 13.6. The lowest BCUT2D eigenvalue weighted by molar-refractivity contribution is 0.151. The van der Waals surface area contributed by atoms with Gasteiger partial charge in [0.15, 0.2) is 0 Å². The fourth-order valence-electron chi connectivity index (χ4n) is 2.30. The Bertz CT molecular complexity index is 830. The van der Waals surface area contributed by atoms with Crippen molar-refractivity contribution in [3.8, 4) is 11.1 Å². The Morgan fingerprint density at radius 1 is 1.13 bits per heavy atom. The van der Waals surface area contributed by atoms with Gasteiger partial charge >= 0.3 is 0 Å². The average Bonchev–Trinajstić information content (AvgIpc) is 2.92. The van der Waals surface area contributed by atoms with Crippen LogP contribution in [0.3, 0.4) is 0 Å². The Kier molecular flexibility index (Phi) is 4.10. The zero-order chi connectivity index (χ0) is 16.4. The molecule has 2 heterocycles. The van der Waals surface area contributed by atoms with Crippen molar-refractivity contribution in [2.75, 3.05) is 0 Å². The monoisotopic (exact) mass is 318 g/mol. The van der Waals surface area contributed by atoms with Gasteiger partial charge in [0.2, 0.25) is 0 Å². The molecule has 0 unspecified atom stereocenters. The Morgan fingerprint density at radius 3 is 2.65 bits per heavy atom. The fourth-order valence-corrected chi connectivity index (χ4v) is 2.30. The van der Waals surface area contributed by atoms with Crippen LogP contribution in [0.4, 0.5) is 13.2 Å². The summed E-state index contributed by atoms with van der Waals surface area (Å²) in [6.07, 6.45) is 2.18. The molecule has 23 heavy (non-hydrogen) atoms. The third-order valence-electron chi connectivity index (χ3n) is 3.47. The molecule has 1 aromatic carbocycles. The molecular formula is C16H13F3N4. The number of rotatable bonds is 4. The van der Waals surface area contributed by atoms with Crippen molar-refractivity contribution in [1.29, 1.82) is 0 Å². The van der Waals surface area contributed by atoms with E-state index in [-0.39, 0.29) is 5.56 Å². The largest absolute Gasteiger partial charge is 0.329 e. The number of hydrogen-bond donors (Lipinski definition) is 0. The predicted molar refractivity (Wildman–Crippen MR) is 78.4 cm³/mol. The molecular weight excluding hydrogens is 305 g/mol. The fraction of sp³-hybridized carbons (Fsp3) is 0.188. The van der Waals surface area contributed by atoms with E-state index in [0.29, 0.717) is 23.4 Å². The minimum absolute atomic E-state index is 0.346. The number of benzene rings is 1. The van der Waals surface area contributed by atoms with Crippen molar-refractivity contribution >= 4 is 0 Å². The Morgan fingerprint density at radius 2 is 1.96 bits per heavy atom. The molecule has 0 saturated heterocycles. The number of halogens is 3. The van der Waals surface area contributed by atoms with Gasteiger partial charge in [0.1, 0.15) is 11.6 Å². The maximum atomic E-state index is 13.6. The number of nitrogens with zero attached hydrogens (tertiary/aromatic N) is 4. The SMILES string of the molecule is Cc1nccn1Cc1cc(-c2cc(F)cc(C(F)F)c2)cnn1. The van der Waals surface area contributed by atoms with Crippen LogP contribution in [0.1, 0.15) is 23.5 Å². The summed E-state index contributed by atoms with van der Waals surface area (Å²) in [7, 11) is 0. The van der Waals surface area contributed by atoms with Crippen molar-refractivity contribution in [3.05, 3.63) is 65.8 Å². The lowest BCUT2D eigenvalue weighted by atomic mass is 10.0. The van der Waals surface area contributed by atoms with Crippen LogP contribution in [0.15, 0.2) is 42.9 Å². The number of aryl methyl sites for hydroxylation is 1. The minimum Gasteiger partial charge on any atom is -0.329 e. The molecule has 0 spiro atoms. The van der Waals surface area contributed by atoms with Crippen molar-refractivity contribution in [1.82, 2.24) is 19.7 Å². The molecule has 118 valence electrons. The van der Waals surface area contributed by atoms with E-state index in [1.807, 2.05) is 11.5 Å². The molecule has 2 aromatic heterocycles. The molecule has 0 fully saturated rings. The molecule has 3 rings (SSSR count). The molecule has 0 amide bonds. The van der Waals surface area contributed by atoms with Crippen molar-refractivity contribution in [2.45, 2.75) is 19.9 Å². The van der Waals surface area contributed by atoms with E-state index in [1.54, 1.807) is 18.5 Å². The van der Waals surface area contributed by atoms with Crippen molar-refractivity contribution < 1.29 is 13.2 Å².